The van der Waals surface area contributed by atoms with Gasteiger partial charge in [-0.2, -0.15) is 0 Å². The summed E-state index contributed by atoms with van der Waals surface area (Å²) in [6.45, 7) is 4.30. The van der Waals surface area contributed by atoms with E-state index >= 15 is 0 Å². The number of hydrogen-bond acceptors (Lipinski definition) is 7. The van der Waals surface area contributed by atoms with Gasteiger partial charge in [0.2, 0.25) is 0 Å². The SMILES string of the molecule is CC(C)Sc1ncc(Cl)c(C(=O)N(Cc2ccc(N(C)C)cc2)[C@H]2CCS(=O)(=O)C2)n1. The predicted octanol–water partition coefficient (Wildman–Crippen LogP) is 3.53. The van der Waals surface area contributed by atoms with E-state index in [1.165, 1.54) is 18.0 Å². The largest absolute Gasteiger partial charge is 0.378 e. The van der Waals surface area contributed by atoms with Gasteiger partial charge >= 0.3 is 0 Å². The molecule has 2 heterocycles. The minimum atomic E-state index is -3.17. The van der Waals surface area contributed by atoms with Crippen molar-refractivity contribution in [2.24, 2.45) is 0 Å². The van der Waals surface area contributed by atoms with Crippen molar-refractivity contribution >= 4 is 44.8 Å². The Labute approximate surface area is 193 Å². The van der Waals surface area contributed by atoms with Crippen molar-refractivity contribution in [1.82, 2.24) is 14.9 Å². The molecular formula is C21H27ClN4O3S2. The first kappa shape index (κ1) is 23.8. The maximum Gasteiger partial charge on any atom is 0.274 e. The highest BCUT2D eigenvalue weighted by Gasteiger charge is 2.36. The van der Waals surface area contributed by atoms with Gasteiger partial charge in [-0.15, -0.1) is 0 Å². The average molecular weight is 483 g/mol. The summed E-state index contributed by atoms with van der Waals surface area (Å²) in [7, 11) is 0.742. The van der Waals surface area contributed by atoms with Crippen LogP contribution in [0.1, 0.15) is 36.3 Å². The third-order valence-electron chi connectivity index (χ3n) is 4.98. The Morgan fingerprint density at radius 3 is 2.48 bits per heavy atom. The van der Waals surface area contributed by atoms with Crippen molar-refractivity contribution in [3.63, 3.8) is 0 Å². The molecule has 168 valence electrons. The maximum absolute atomic E-state index is 13.5. The van der Waals surface area contributed by atoms with Crippen LogP contribution in [0.4, 0.5) is 5.69 Å². The first-order chi connectivity index (χ1) is 14.6. The molecule has 2 aromatic rings. The van der Waals surface area contributed by atoms with Gasteiger partial charge in [-0.3, -0.25) is 4.79 Å². The molecule has 1 aliphatic rings. The van der Waals surface area contributed by atoms with Gasteiger partial charge < -0.3 is 9.80 Å². The number of benzene rings is 1. The van der Waals surface area contributed by atoms with Crippen molar-refractivity contribution in [2.75, 3.05) is 30.5 Å². The number of hydrogen-bond donors (Lipinski definition) is 0. The van der Waals surface area contributed by atoms with Gasteiger partial charge in [0.1, 0.15) is 0 Å². The monoisotopic (exact) mass is 482 g/mol. The number of nitrogens with zero attached hydrogens (tertiary/aromatic N) is 4. The number of aromatic nitrogens is 2. The molecule has 1 amide bonds. The fourth-order valence-electron chi connectivity index (χ4n) is 3.39. The molecule has 1 atom stereocenters. The van der Waals surface area contributed by atoms with Gasteiger partial charge in [-0.25, -0.2) is 18.4 Å². The molecule has 1 fully saturated rings. The lowest BCUT2D eigenvalue weighted by Crippen LogP contribution is -2.41. The van der Waals surface area contributed by atoms with Gasteiger partial charge in [0.25, 0.3) is 5.91 Å². The summed E-state index contributed by atoms with van der Waals surface area (Å²) in [4.78, 5) is 25.7. The van der Waals surface area contributed by atoms with E-state index in [-0.39, 0.29) is 39.9 Å². The molecule has 1 saturated heterocycles. The normalized spacial score (nSPS) is 17.7. The molecule has 0 bridgehead atoms. The molecule has 1 aliphatic heterocycles. The van der Waals surface area contributed by atoms with E-state index in [4.69, 9.17) is 11.6 Å². The van der Waals surface area contributed by atoms with Crippen LogP contribution in [0.3, 0.4) is 0 Å². The average Bonchev–Trinajstić information content (AvgIpc) is 3.06. The quantitative estimate of drug-likeness (QED) is 0.441. The molecule has 3 rings (SSSR count). The number of carbonyl (C=O) groups excluding carboxylic acids is 1. The zero-order valence-corrected chi connectivity index (χ0v) is 20.5. The predicted molar refractivity (Wildman–Crippen MR) is 126 cm³/mol. The van der Waals surface area contributed by atoms with E-state index in [0.29, 0.717) is 11.6 Å². The van der Waals surface area contributed by atoms with Crippen LogP contribution in [0.2, 0.25) is 5.02 Å². The summed E-state index contributed by atoms with van der Waals surface area (Å²) in [5, 5.41) is 0.874. The van der Waals surface area contributed by atoms with Crippen LogP contribution in [0.5, 0.6) is 0 Å². The molecule has 0 saturated carbocycles. The zero-order chi connectivity index (χ0) is 22.8. The number of rotatable bonds is 7. The summed E-state index contributed by atoms with van der Waals surface area (Å²) in [6.07, 6.45) is 1.84. The van der Waals surface area contributed by atoms with E-state index in [1.807, 2.05) is 57.1 Å². The second kappa shape index (κ2) is 9.75. The van der Waals surface area contributed by atoms with Crippen molar-refractivity contribution in [3.8, 4) is 0 Å². The van der Waals surface area contributed by atoms with Crippen LogP contribution in [0.15, 0.2) is 35.6 Å². The van der Waals surface area contributed by atoms with Gasteiger partial charge in [-0.05, 0) is 24.1 Å². The Hall–Kier alpha value is -1.84. The lowest BCUT2D eigenvalue weighted by Gasteiger charge is -2.28. The summed E-state index contributed by atoms with van der Waals surface area (Å²) >= 11 is 7.73. The van der Waals surface area contributed by atoms with Crippen LogP contribution in [0.25, 0.3) is 0 Å². The highest BCUT2D eigenvalue weighted by molar-refractivity contribution is 7.99. The van der Waals surface area contributed by atoms with Gasteiger partial charge in [0.05, 0.1) is 22.7 Å². The van der Waals surface area contributed by atoms with E-state index in [0.717, 1.165) is 11.3 Å². The van der Waals surface area contributed by atoms with Crippen LogP contribution >= 0.6 is 23.4 Å². The molecule has 0 N–H and O–H groups in total. The summed E-state index contributed by atoms with van der Waals surface area (Å²) in [5.41, 5.74) is 2.05. The Morgan fingerprint density at radius 1 is 1.26 bits per heavy atom. The van der Waals surface area contributed by atoms with Crippen LogP contribution in [0, 0.1) is 0 Å². The molecule has 0 radical (unpaired) electrons. The Bertz CT molecular complexity index is 1040. The maximum atomic E-state index is 13.5. The first-order valence-electron chi connectivity index (χ1n) is 10.0. The lowest BCUT2D eigenvalue weighted by molar-refractivity contribution is 0.0674. The van der Waals surface area contributed by atoms with Crippen LogP contribution < -0.4 is 4.90 Å². The third-order valence-corrected chi connectivity index (χ3v) is 7.89. The standard InChI is InChI=1S/C21H27ClN4O3S2/c1-14(2)30-21-23-11-18(22)19(24-21)20(27)26(17-9-10-31(28,29)13-17)12-15-5-7-16(8-6-15)25(3)4/h5-8,11,14,17H,9-10,12-13H2,1-4H3/t17-/m0/s1. The minimum Gasteiger partial charge on any atom is -0.378 e. The zero-order valence-electron chi connectivity index (χ0n) is 18.1. The number of carbonyl (C=O) groups is 1. The smallest absolute Gasteiger partial charge is 0.274 e. The van der Waals surface area contributed by atoms with E-state index in [1.54, 1.807) is 4.90 Å². The number of thioether (sulfide) groups is 1. The number of halogens is 1. The van der Waals surface area contributed by atoms with Crippen LogP contribution in [-0.2, 0) is 16.4 Å². The van der Waals surface area contributed by atoms with Gasteiger partial charge in [0.15, 0.2) is 20.7 Å². The summed E-state index contributed by atoms with van der Waals surface area (Å²) in [6, 6.07) is 7.41. The number of amides is 1. The van der Waals surface area contributed by atoms with Crippen molar-refractivity contribution < 1.29 is 13.2 Å². The molecule has 7 nitrogen and oxygen atoms in total. The Kier molecular flexibility index (Phi) is 7.49. The van der Waals surface area contributed by atoms with E-state index in [9.17, 15) is 13.2 Å². The number of sulfone groups is 1. The highest BCUT2D eigenvalue weighted by atomic mass is 35.5. The lowest BCUT2D eigenvalue weighted by atomic mass is 10.1. The molecule has 0 aliphatic carbocycles. The highest BCUT2D eigenvalue weighted by Crippen LogP contribution is 2.27. The van der Waals surface area contributed by atoms with Crippen molar-refractivity contribution in [3.05, 3.63) is 46.7 Å². The summed E-state index contributed by atoms with van der Waals surface area (Å²) < 4.78 is 24.2. The van der Waals surface area contributed by atoms with Crippen LogP contribution in [-0.4, -0.2) is 66.1 Å². The molecule has 1 aromatic carbocycles. The van der Waals surface area contributed by atoms with Gasteiger partial charge in [-0.1, -0.05) is 49.3 Å². The molecule has 10 heteroatoms. The molecule has 1 aromatic heterocycles. The topological polar surface area (TPSA) is 83.5 Å². The first-order valence-corrected chi connectivity index (χ1v) is 13.1. The third kappa shape index (κ3) is 6.11. The minimum absolute atomic E-state index is 0.0508. The summed E-state index contributed by atoms with van der Waals surface area (Å²) in [5.74, 6) is -0.352. The second-order valence-corrected chi connectivity index (χ2v) is 12.2. The van der Waals surface area contributed by atoms with Crippen molar-refractivity contribution in [1.29, 1.82) is 0 Å². The van der Waals surface area contributed by atoms with E-state index < -0.39 is 15.9 Å². The Morgan fingerprint density at radius 2 is 1.94 bits per heavy atom. The van der Waals surface area contributed by atoms with Crippen molar-refractivity contribution in [2.45, 2.75) is 43.3 Å². The fraction of sp³-hybridized carbons (Fsp3) is 0.476. The second-order valence-electron chi connectivity index (χ2n) is 8.07. The Balaban J connectivity index is 1.93. The van der Waals surface area contributed by atoms with E-state index in [2.05, 4.69) is 9.97 Å². The molecule has 0 unspecified atom stereocenters. The molecule has 0 spiro atoms. The fourth-order valence-corrected chi connectivity index (χ4v) is 5.97. The molecule has 31 heavy (non-hydrogen) atoms. The molecular weight excluding hydrogens is 456 g/mol. The van der Waals surface area contributed by atoms with Gasteiger partial charge in [0, 0.05) is 37.6 Å². The number of anilines is 1.